The van der Waals surface area contributed by atoms with Crippen LogP contribution in [-0.2, 0) is 6.42 Å². The molecular weight excluding hydrogens is 402 g/mol. The van der Waals surface area contributed by atoms with Crippen LogP contribution in [0.2, 0.25) is 5.02 Å². The molecule has 4 aromatic rings. The Morgan fingerprint density at radius 3 is 1.77 bits per heavy atom. The zero-order chi connectivity index (χ0) is 21.6. The summed E-state index contributed by atoms with van der Waals surface area (Å²) in [6, 6.07) is 35.3. The molecule has 31 heavy (non-hydrogen) atoms. The molecule has 0 bridgehead atoms. The summed E-state index contributed by atoms with van der Waals surface area (Å²) in [5.74, 6) is -0.120. The van der Waals surface area contributed by atoms with Gasteiger partial charge >= 0.3 is 0 Å². The molecule has 0 amide bonds. The van der Waals surface area contributed by atoms with Crippen molar-refractivity contribution in [2.45, 2.75) is 18.4 Å². The Bertz CT molecular complexity index is 1100. The van der Waals surface area contributed by atoms with E-state index in [1.54, 1.807) is 6.07 Å². The Kier molecular flexibility index (Phi) is 6.61. The van der Waals surface area contributed by atoms with Gasteiger partial charge in [0.05, 0.1) is 6.04 Å². The van der Waals surface area contributed by atoms with E-state index in [0.717, 1.165) is 22.3 Å². The fourth-order valence-corrected chi connectivity index (χ4v) is 4.22. The van der Waals surface area contributed by atoms with Crippen LogP contribution in [0.5, 0.6) is 0 Å². The minimum atomic E-state index is -0.608. The van der Waals surface area contributed by atoms with E-state index in [4.69, 9.17) is 17.3 Å². The Balaban J connectivity index is 1.64. The molecule has 0 saturated carbocycles. The lowest BCUT2D eigenvalue weighted by atomic mass is 9.84. The minimum absolute atomic E-state index is 0.0166. The molecule has 0 saturated heterocycles. The maximum atomic E-state index is 12.9. The molecule has 2 nitrogen and oxygen atoms in total. The second-order valence-corrected chi connectivity index (χ2v) is 8.06. The van der Waals surface area contributed by atoms with E-state index in [0.29, 0.717) is 17.0 Å². The van der Waals surface area contributed by atoms with Crippen molar-refractivity contribution in [3.63, 3.8) is 0 Å². The van der Waals surface area contributed by atoms with Gasteiger partial charge in [-0.15, -0.1) is 0 Å². The number of halogens is 1. The first-order chi connectivity index (χ1) is 15.1. The summed E-state index contributed by atoms with van der Waals surface area (Å²) in [6.07, 6.45) is 0.496. The maximum Gasteiger partial charge on any atom is 0.179 e. The smallest absolute Gasteiger partial charge is 0.179 e. The van der Waals surface area contributed by atoms with Crippen molar-refractivity contribution in [2.75, 3.05) is 0 Å². The van der Waals surface area contributed by atoms with Crippen molar-refractivity contribution in [1.29, 1.82) is 0 Å². The maximum absolute atomic E-state index is 12.9. The van der Waals surface area contributed by atoms with Crippen LogP contribution >= 0.6 is 11.6 Å². The molecule has 2 N–H and O–H groups in total. The number of hydrogen-bond acceptors (Lipinski definition) is 2. The summed E-state index contributed by atoms with van der Waals surface area (Å²) < 4.78 is 0. The largest absolute Gasteiger partial charge is 0.321 e. The summed E-state index contributed by atoms with van der Waals surface area (Å²) in [5.41, 5.74) is 11.1. The molecule has 0 radical (unpaired) electrons. The highest BCUT2D eigenvalue weighted by Gasteiger charge is 2.22. The zero-order valence-corrected chi connectivity index (χ0v) is 17.9. The molecule has 4 aromatic carbocycles. The number of hydrogen-bond donors (Lipinski definition) is 1. The summed E-state index contributed by atoms with van der Waals surface area (Å²) in [5, 5.41) is 0.565. The van der Waals surface area contributed by atoms with Gasteiger partial charge in [-0.25, -0.2) is 0 Å². The second-order valence-electron chi connectivity index (χ2n) is 7.65. The normalized spacial score (nSPS) is 12.0. The van der Waals surface area contributed by atoms with Gasteiger partial charge in [-0.2, -0.15) is 0 Å². The van der Waals surface area contributed by atoms with Gasteiger partial charge in [-0.3, -0.25) is 4.79 Å². The molecule has 0 aliphatic rings. The number of nitrogens with two attached hydrogens (primary N) is 1. The van der Waals surface area contributed by atoms with Crippen molar-refractivity contribution >= 4 is 17.4 Å². The van der Waals surface area contributed by atoms with Gasteiger partial charge < -0.3 is 5.73 Å². The Hall–Kier alpha value is -3.20. The Morgan fingerprint density at radius 2 is 1.26 bits per heavy atom. The highest BCUT2D eigenvalue weighted by atomic mass is 35.5. The van der Waals surface area contributed by atoms with Crippen molar-refractivity contribution in [3.8, 4) is 0 Å². The van der Waals surface area contributed by atoms with E-state index in [9.17, 15) is 4.79 Å². The predicted octanol–water partition coefficient (Wildman–Crippen LogP) is 6.27. The highest BCUT2D eigenvalue weighted by Crippen LogP contribution is 2.36. The van der Waals surface area contributed by atoms with Crippen LogP contribution < -0.4 is 5.73 Å². The number of benzene rings is 4. The van der Waals surface area contributed by atoms with Crippen LogP contribution in [0.1, 0.15) is 38.5 Å². The molecule has 0 fully saturated rings. The van der Waals surface area contributed by atoms with Crippen LogP contribution in [0.4, 0.5) is 0 Å². The minimum Gasteiger partial charge on any atom is -0.321 e. The molecule has 1 atom stereocenters. The molecule has 0 aliphatic carbocycles. The third-order valence-corrected chi connectivity index (χ3v) is 5.82. The Morgan fingerprint density at radius 1 is 0.742 bits per heavy atom. The second kappa shape index (κ2) is 9.74. The molecule has 0 aliphatic heterocycles. The third kappa shape index (κ3) is 4.93. The number of Topliss-reactive ketones (excluding diaryl/α,β-unsaturated/α-hetero) is 1. The quantitative estimate of drug-likeness (QED) is 0.280. The summed E-state index contributed by atoms with van der Waals surface area (Å²) in [6.45, 7) is 0. The first-order valence-electron chi connectivity index (χ1n) is 10.4. The van der Waals surface area contributed by atoms with Crippen LogP contribution in [0.25, 0.3) is 0 Å². The van der Waals surface area contributed by atoms with Gasteiger partial charge in [-0.05, 0) is 34.7 Å². The summed E-state index contributed by atoms with van der Waals surface area (Å²) >= 11 is 6.74. The van der Waals surface area contributed by atoms with Gasteiger partial charge in [0.1, 0.15) is 0 Å². The van der Waals surface area contributed by atoms with Crippen molar-refractivity contribution in [3.05, 3.63) is 142 Å². The predicted molar refractivity (Wildman–Crippen MR) is 128 cm³/mol. The molecule has 0 heterocycles. The van der Waals surface area contributed by atoms with Crippen LogP contribution in [0, 0.1) is 0 Å². The number of rotatable bonds is 7. The molecular formula is C28H24ClNO. The third-order valence-electron chi connectivity index (χ3n) is 5.50. The molecule has 0 aromatic heterocycles. The number of ketones is 1. The van der Waals surface area contributed by atoms with Crippen LogP contribution in [-0.4, -0.2) is 11.8 Å². The van der Waals surface area contributed by atoms with Gasteiger partial charge in [0.15, 0.2) is 5.78 Å². The fraction of sp³-hybridized carbons (Fsp3) is 0.107. The molecule has 0 spiro atoms. The topological polar surface area (TPSA) is 43.1 Å². The zero-order valence-electron chi connectivity index (χ0n) is 17.1. The highest BCUT2D eigenvalue weighted by molar-refractivity contribution is 6.32. The first-order valence-corrected chi connectivity index (χ1v) is 10.7. The summed E-state index contributed by atoms with van der Waals surface area (Å²) in [7, 11) is 0. The lowest BCUT2D eigenvalue weighted by Gasteiger charge is -2.21. The lowest BCUT2D eigenvalue weighted by Crippen LogP contribution is -2.32. The first kappa shape index (κ1) is 21.0. The molecule has 0 unspecified atom stereocenters. The van der Waals surface area contributed by atoms with Gasteiger partial charge in [-0.1, -0.05) is 115 Å². The van der Waals surface area contributed by atoms with Gasteiger partial charge in [0.25, 0.3) is 0 Å². The van der Waals surface area contributed by atoms with Crippen LogP contribution in [0.15, 0.2) is 109 Å². The number of carbonyl (C=O) groups is 1. The molecule has 4 rings (SSSR count). The molecule has 154 valence electrons. The SMILES string of the molecule is N[C@@H](Cc1ccccc1)C(=O)c1ccc(C(c2ccccc2)c2ccccc2)c(Cl)c1. The van der Waals surface area contributed by atoms with Crippen molar-refractivity contribution in [2.24, 2.45) is 5.73 Å². The fourth-order valence-electron chi connectivity index (χ4n) is 3.93. The average Bonchev–Trinajstić information content (AvgIpc) is 2.82. The van der Waals surface area contributed by atoms with E-state index < -0.39 is 6.04 Å². The lowest BCUT2D eigenvalue weighted by molar-refractivity contribution is 0.0961. The van der Waals surface area contributed by atoms with Crippen LogP contribution in [0.3, 0.4) is 0 Å². The number of carbonyl (C=O) groups excluding carboxylic acids is 1. The summed E-state index contributed by atoms with van der Waals surface area (Å²) in [4.78, 5) is 12.9. The van der Waals surface area contributed by atoms with E-state index >= 15 is 0 Å². The average molecular weight is 426 g/mol. The van der Waals surface area contributed by atoms with Crippen molar-refractivity contribution < 1.29 is 4.79 Å². The monoisotopic (exact) mass is 425 g/mol. The van der Waals surface area contributed by atoms with E-state index in [1.807, 2.05) is 78.9 Å². The van der Waals surface area contributed by atoms with Gasteiger partial charge in [0.2, 0.25) is 0 Å². The Labute approximate surface area is 188 Å². The standard InChI is InChI=1S/C28H24ClNO/c29-25-19-23(28(31)26(30)18-20-10-4-1-5-11-20)16-17-24(25)27(21-12-6-2-7-13-21)22-14-8-3-9-15-22/h1-17,19,26-27H,18,30H2/t26-/m0/s1. The van der Waals surface area contributed by atoms with E-state index in [2.05, 4.69) is 24.3 Å². The molecule has 3 heteroatoms. The van der Waals surface area contributed by atoms with E-state index in [-0.39, 0.29) is 11.7 Å². The van der Waals surface area contributed by atoms with Gasteiger partial charge in [0, 0.05) is 16.5 Å². The van der Waals surface area contributed by atoms with E-state index in [1.165, 1.54) is 0 Å². The van der Waals surface area contributed by atoms with Crippen molar-refractivity contribution in [1.82, 2.24) is 0 Å².